The number of amides is 1. The topological polar surface area (TPSA) is 77.1 Å². The zero-order valence-electron chi connectivity index (χ0n) is 16.8. The van der Waals surface area contributed by atoms with E-state index in [0.717, 1.165) is 16.8 Å². The zero-order valence-corrected chi connectivity index (χ0v) is 16.8. The number of hydrogen-bond acceptors (Lipinski definition) is 5. The van der Waals surface area contributed by atoms with Crippen LogP contribution in [-0.4, -0.2) is 37.8 Å². The first kappa shape index (κ1) is 19.6. The van der Waals surface area contributed by atoms with E-state index >= 15 is 0 Å². The Morgan fingerprint density at radius 1 is 1.03 bits per heavy atom. The molecule has 0 aliphatic rings. The van der Waals surface area contributed by atoms with Crippen molar-refractivity contribution < 1.29 is 9.21 Å². The van der Waals surface area contributed by atoms with Crippen LogP contribution < -0.4 is 0 Å². The molecule has 0 radical (unpaired) electrons. The number of benzene rings is 2. The van der Waals surface area contributed by atoms with E-state index in [4.69, 9.17) is 4.42 Å². The SMILES string of the molecule is CN(Cc1cnn(-c2ccccc2)c1)C(=O)CCCc1nnc(-c2ccccc2)o1. The maximum atomic E-state index is 12.5. The van der Waals surface area contributed by atoms with Crippen LogP contribution in [0, 0.1) is 0 Å². The summed E-state index contributed by atoms with van der Waals surface area (Å²) >= 11 is 0. The third-order valence-electron chi connectivity index (χ3n) is 4.77. The van der Waals surface area contributed by atoms with Gasteiger partial charge in [-0.15, -0.1) is 10.2 Å². The lowest BCUT2D eigenvalue weighted by Gasteiger charge is -2.15. The highest BCUT2D eigenvalue weighted by atomic mass is 16.4. The Balaban J connectivity index is 1.25. The summed E-state index contributed by atoms with van der Waals surface area (Å²) < 4.78 is 7.51. The second-order valence-corrected chi connectivity index (χ2v) is 7.10. The van der Waals surface area contributed by atoms with Gasteiger partial charge in [-0.25, -0.2) is 4.68 Å². The normalized spacial score (nSPS) is 10.8. The molecule has 152 valence electrons. The van der Waals surface area contributed by atoms with Crippen molar-refractivity contribution in [2.75, 3.05) is 7.05 Å². The molecule has 2 heterocycles. The molecule has 0 unspecified atom stereocenters. The van der Waals surface area contributed by atoms with Crippen LogP contribution in [0.2, 0.25) is 0 Å². The summed E-state index contributed by atoms with van der Waals surface area (Å²) in [6, 6.07) is 19.5. The minimum Gasteiger partial charge on any atom is -0.421 e. The fraction of sp³-hybridized carbons (Fsp3) is 0.217. The predicted octanol–water partition coefficient (Wildman–Crippen LogP) is 3.90. The molecule has 2 aromatic heterocycles. The van der Waals surface area contributed by atoms with E-state index in [2.05, 4.69) is 15.3 Å². The summed E-state index contributed by atoms with van der Waals surface area (Å²) in [7, 11) is 1.81. The van der Waals surface area contributed by atoms with Crippen LogP contribution in [0.3, 0.4) is 0 Å². The summed E-state index contributed by atoms with van der Waals surface area (Å²) in [6.07, 6.45) is 5.39. The lowest BCUT2D eigenvalue weighted by Crippen LogP contribution is -2.25. The number of aryl methyl sites for hydroxylation is 1. The summed E-state index contributed by atoms with van der Waals surface area (Å²) in [5, 5.41) is 12.5. The molecule has 4 rings (SSSR count). The summed E-state index contributed by atoms with van der Waals surface area (Å²) in [6.45, 7) is 0.518. The minimum atomic E-state index is 0.0743. The first-order valence-corrected chi connectivity index (χ1v) is 9.90. The van der Waals surface area contributed by atoms with E-state index in [0.29, 0.717) is 37.6 Å². The Labute approximate surface area is 175 Å². The Hall–Kier alpha value is -3.74. The molecule has 0 bridgehead atoms. The average Bonchev–Trinajstić information content (AvgIpc) is 3.45. The smallest absolute Gasteiger partial charge is 0.247 e. The molecule has 4 aromatic rings. The largest absolute Gasteiger partial charge is 0.421 e. The molecule has 0 N–H and O–H groups in total. The van der Waals surface area contributed by atoms with E-state index < -0.39 is 0 Å². The van der Waals surface area contributed by atoms with E-state index in [9.17, 15) is 4.79 Å². The van der Waals surface area contributed by atoms with Crippen molar-refractivity contribution in [2.24, 2.45) is 0 Å². The third kappa shape index (κ3) is 4.81. The van der Waals surface area contributed by atoms with Gasteiger partial charge in [-0.1, -0.05) is 36.4 Å². The highest BCUT2D eigenvalue weighted by Crippen LogP contribution is 2.18. The zero-order chi connectivity index (χ0) is 20.8. The van der Waals surface area contributed by atoms with Crippen molar-refractivity contribution in [2.45, 2.75) is 25.8 Å². The Kier molecular flexibility index (Phi) is 5.98. The summed E-state index contributed by atoms with van der Waals surface area (Å²) in [5.74, 6) is 1.13. The molecule has 7 nitrogen and oxygen atoms in total. The van der Waals surface area contributed by atoms with Crippen LogP contribution >= 0.6 is 0 Å². The monoisotopic (exact) mass is 401 g/mol. The molecular formula is C23H23N5O2. The molecule has 0 aliphatic heterocycles. The van der Waals surface area contributed by atoms with Crippen molar-refractivity contribution in [3.63, 3.8) is 0 Å². The van der Waals surface area contributed by atoms with Crippen LogP contribution in [0.4, 0.5) is 0 Å². The van der Waals surface area contributed by atoms with E-state index in [-0.39, 0.29) is 5.91 Å². The van der Waals surface area contributed by atoms with Crippen LogP contribution in [0.25, 0.3) is 17.1 Å². The van der Waals surface area contributed by atoms with Gasteiger partial charge in [0, 0.05) is 43.8 Å². The molecule has 0 spiro atoms. The number of carbonyl (C=O) groups excluding carboxylic acids is 1. The molecule has 7 heteroatoms. The molecular weight excluding hydrogens is 378 g/mol. The number of para-hydroxylation sites is 1. The van der Waals surface area contributed by atoms with Crippen LogP contribution in [-0.2, 0) is 17.8 Å². The van der Waals surface area contributed by atoms with Crippen LogP contribution in [0.15, 0.2) is 77.5 Å². The standard InChI is InChI=1S/C23H23N5O2/c1-27(16-18-15-24-28(17-18)20-11-6-3-7-12-20)22(29)14-8-13-21-25-26-23(30-21)19-9-4-2-5-10-19/h2-7,9-12,15,17H,8,13-14,16H2,1H3. The van der Waals surface area contributed by atoms with Gasteiger partial charge in [-0.05, 0) is 30.7 Å². The molecule has 0 aliphatic carbocycles. The van der Waals surface area contributed by atoms with Crippen molar-refractivity contribution in [1.82, 2.24) is 24.9 Å². The van der Waals surface area contributed by atoms with Gasteiger partial charge < -0.3 is 9.32 Å². The number of nitrogens with zero attached hydrogens (tertiary/aromatic N) is 5. The summed E-state index contributed by atoms with van der Waals surface area (Å²) in [4.78, 5) is 14.2. The molecule has 1 amide bonds. The minimum absolute atomic E-state index is 0.0743. The average molecular weight is 401 g/mol. The predicted molar refractivity (Wildman–Crippen MR) is 113 cm³/mol. The van der Waals surface area contributed by atoms with Gasteiger partial charge in [0.05, 0.1) is 11.9 Å². The lowest BCUT2D eigenvalue weighted by atomic mass is 10.2. The number of rotatable bonds is 8. The second kappa shape index (κ2) is 9.17. The van der Waals surface area contributed by atoms with Crippen molar-refractivity contribution in [1.29, 1.82) is 0 Å². The van der Waals surface area contributed by atoms with Crippen LogP contribution in [0.1, 0.15) is 24.3 Å². The Bertz CT molecular complexity index is 1090. The molecule has 0 saturated carbocycles. The fourth-order valence-corrected chi connectivity index (χ4v) is 3.16. The maximum Gasteiger partial charge on any atom is 0.247 e. The Morgan fingerprint density at radius 3 is 2.53 bits per heavy atom. The maximum absolute atomic E-state index is 12.5. The fourth-order valence-electron chi connectivity index (χ4n) is 3.16. The Morgan fingerprint density at radius 2 is 1.77 bits per heavy atom. The first-order valence-electron chi connectivity index (χ1n) is 9.90. The van der Waals surface area contributed by atoms with E-state index in [1.165, 1.54) is 0 Å². The molecule has 0 fully saturated rings. The van der Waals surface area contributed by atoms with Crippen molar-refractivity contribution in [3.8, 4) is 17.1 Å². The number of aromatic nitrogens is 4. The third-order valence-corrected chi connectivity index (χ3v) is 4.77. The van der Waals surface area contributed by atoms with Crippen molar-refractivity contribution in [3.05, 3.63) is 84.5 Å². The van der Waals surface area contributed by atoms with Gasteiger partial charge in [0.1, 0.15) is 0 Å². The molecule has 30 heavy (non-hydrogen) atoms. The van der Waals surface area contributed by atoms with Gasteiger partial charge in [-0.3, -0.25) is 4.79 Å². The lowest BCUT2D eigenvalue weighted by molar-refractivity contribution is -0.130. The van der Waals surface area contributed by atoms with Gasteiger partial charge >= 0.3 is 0 Å². The van der Waals surface area contributed by atoms with Crippen LogP contribution in [0.5, 0.6) is 0 Å². The first-order chi connectivity index (χ1) is 14.7. The summed E-state index contributed by atoms with van der Waals surface area (Å²) in [5.41, 5.74) is 2.87. The second-order valence-electron chi connectivity index (χ2n) is 7.10. The van der Waals surface area contributed by atoms with Crippen molar-refractivity contribution >= 4 is 5.91 Å². The quantitative estimate of drug-likeness (QED) is 0.447. The highest BCUT2D eigenvalue weighted by molar-refractivity contribution is 5.75. The molecule has 0 saturated heterocycles. The van der Waals surface area contributed by atoms with Gasteiger partial charge in [0.2, 0.25) is 17.7 Å². The van der Waals surface area contributed by atoms with Gasteiger partial charge in [-0.2, -0.15) is 5.10 Å². The number of carbonyl (C=O) groups is 1. The molecule has 0 atom stereocenters. The van der Waals surface area contributed by atoms with Gasteiger partial charge in [0.25, 0.3) is 0 Å². The van der Waals surface area contributed by atoms with E-state index in [1.807, 2.05) is 78.6 Å². The van der Waals surface area contributed by atoms with Gasteiger partial charge in [0.15, 0.2) is 0 Å². The highest BCUT2D eigenvalue weighted by Gasteiger charge is 2.13. The van der Waals surface area contributed by atoms with E-state index in [1.54, 1.807) is 11.1 Å². The molecule has 2 aromatic carbocycles. The number of hydrogen-bond donors (Lipinski definition) is 0.